The number of ether oxygens (including phenoxy) is 2. The summed E-state index contributed by atoms with van der Waals surface area (Å²) in [7, 11) is 0. The SMILES string of the molecule is Cc1ccccc1C(=O)Oc1ccc2c(=O)c(Oc3ccccc3Br)c(C(F)(F)F)oc2c1. The second-order valence-electron chi connectivity index (χ2n) is 6.98. The van der Waals surface area contributed by atoms with Gasteiger partial charge in [-0.2, -0.15) is 13.2 Å². The van der Waals surface area contributed by atoms with Gasteiger partial charge in [-0.05, 0) is 58.7 Å². The van der Waals surface area contributed by atoms with Gasteiger partial charge < -0.3 is 13.9 Å². The molecule has 3 aromatic carbocycles. The van der Waals surface area contributed by atoms with E-state index in [0.717, 1.165) is 6.07 Å². The summed E-state index contributed by atoms with van der Waals surface area (Å²) < 4.78 is 57.2. The van der Waals surface area contributed by atoms with Gasteiger partial charge in [0, 0.05) is 6.07 Å². The highest BCUT2D eigenvalue weighted by Crippen LogP contribution is 2.39. The van der Waals surface area contributed by atoms with Gasteiger partial charge >= 0.3 is 12.1 Å². The minimum absolute atomic E-state index is 0.0124. The average Bonchev–Trinajstić information content (AvgIpc) is 2.76. The lowest BCUT2D eigenvalue weighted by atomic mass is 10.1. The molecule has 0 aliphatic carbocycles. The summed E-state index contributed by atoms with van der Waals surface area (Å²) in [5, 5.41) is -0.166. The number of hydrogen-bond acceptors (Lipinski definition) is 5. The van der Waals surface area contributed by atoms with Crippen molar-refractivity contribution < 1.29 is 31.9 Å². The van der Waals surface area contributed by atoms with E-state index in [9.17, 15) is 22.8 Å². The van der Waals surface area contributed by atoms with Crippen molar-refractivity contribution in [2.45, 2.75) is 13.1 Å². The van der Waals surface area contributed by atoms with Gasteiger partial charge in [0.15, 0.2) is 0 Å². The van der Waals surface area contributed by atoms with Crippen LogP contribution in [0.3, 0.4) is 0 Å². The summed E-state index contributed by atoms with van der Waals surface area (Å²) in [5.74, 6) is -3.35. The number of esters is 1. The fraction of sp³-hybridized carbons (Fsp3) is 0.0833. The van der Waals surface area contributed by atoms with E-state index < -0.39 is 34.7 Å². The van der Waals surface area contributed by atoms with E-state index in [0.29, 0.717) is 15.6 Å². The minimum atomic E-state index is -5.02. The number of para-hydroxylation sites is 1. The zero-order valence-corrected chi connectivity index (χ0v) is 18.5. The Morgan fingerprint density at radius 1 is 1.00 bits per heavy atom. The molecule has 0 saturated carbocycles. The molecule has 0 amide bonds. The Morgan fingerprint density at radius 2 is 1.70 bits per heavy atom. The van der Waals surface area contributed by atoms with Crippen molar-refractivity contribution in [1.29, 1.82) is 0 Å². The van der Waals surface area contributed by atoms with Crippen molar-refractivity contribution in [3.05, 3.63) is 98.3 Å². The van der Waals surface area contributed by atoms with Crippen molar-refractivity contribution in [2.24, 2.45) is 0 Å². The summed E-state index contributed by atoms with van der Waals surface area (Å²) in [6.45, 7) is 1.72. The molecule has 9 heteroatoms. The molecule has 0 spiro atoms. The third kappa shape index (κ3) is 4.63. The van der Waals surface area contributed by atoms with Gasteiger partial charge in [0.2, 0.25) is 11.2 Å². The molecule has 0 fully saturated rings. The number of benzene rings is 3. The standard InChI is InChI=1S/C24H14BrF3O5/c1-13-6-2-3-7-15(13)23(30)31-14-10-11-16-19(12-14)33-22(24(26,27)28)21(20(16)29)32-18-9-5-4-8-17(18)25/h2-12H,1H3. The highest BCUT2D eigenvalue weighted by molar-refractivity contribution is 9.10. The predicted octanol–water partition coefficient (Wildman–Crippen LogP) is 6.89. The van der Waals surface area contributed by atoms with E-state index in [1.54, 1.807) is 49.4 Å². The molecule has 1 aromatic heterocycles. The third-order valence-corrected chi connectivity index (χ3v) is 5.36. The maximum atomic E-state index is 13.7. The third-order valence-electron chi connectivity index (χ3n) is 4.70. The van der Waals surface area contributed by atoms with E-state index >= 15 is 0 Å². The van der Waals surface area contributed by atoms with Crippen LogP contribution in [-0.2, 0) is 6.18 Å². The van der Waals surface area contributed by atoms with Gasteiger partial charge in [-0.1, -0.05) is 30.3 Å². The van der Waals surface area contributed by atoms with Crippen LogP contribution < -0.4 is 14.9 Å². The van der Waals surface area contributed by atoms with Crippen LogP contribution in [0.4, 0.5) is 13.2 Å². The molecule has 0 aliphatic rings. The molecule has 0 radical (unpaired) electrons. The Hall–Kier alpha value is -3.59. The van der Waals surface area contributed by atoms with E-state index in [1.165, 1.54) is 18.2 Å². The number of carbonyl (C=O) groups is 1. The van der Waals surface area contributed by atoms with Crippen LogP contribution in [-0.4, -0.2) is 5.97 Å². The molecule has 0 N–H and O–H groups in total. The van der Waals surface area contributed by atoms with Crippen LogP contribution in [0.25, 0.3) is 11.0 Å². The van der Waals surface area contributed by atoms with Crippen molar-refractivity contribution in [3.8, 4) is 17.2 Å². The molecular weight excluding hydrogens is 505 g/mol. The van der Waals surface area contributed by atoms with Crippen molar-refractivity contribution in [1.82, 2.24) is 0 Å². The van der Waals surface area contributed by atoms with Gasteiger partial charge in [0.1, 0.15) is 17.1 Å². The van der Waals surface area contributed by atoms with Crippen LogP contribution >= 0.6 is 15.9 Å². The lowest BCUT2D eigenvalue weighted by Crippen LogP contribution is -2.16. The second kappa shape index (κ2) is 8.74. The maximum absolute atomic E-state index is 13.7. The number of hydrogen-bond donors (Lipinski definition) is 0. The fourth-order valence-corrected chi connectivity index (χ4v) is 3.47. The largest absolute Gasteiger partial charge is 0.453 e. The number of halogens is 4. The van der Waals surface area contributed by atoms with Crippen molar-refractivity contribution in [2.75, 3.05) is 0 Å². The van der Waals surface area contributed by atoms with Crippen molar-refractivity contribution >= 4 is 32.9 Å². The summed E-state index contributed by atoms with van der Waals surface area (Å²) in [6.07, 6.45) is -5.02. The first kappa shape index (κ1) is 22.6. The molecule has 4 rings (SSSR count). The van der Waals surface area contributed by atoms with E-state index in [2.05, 4.69) is 15.9 Å². The smallest absolute Gasteiger partial charge is 0.448 e. The minimum Gasteiger partial charge on any atom is -0.448 e. The highest BCUT2D eigenvalue weighted by atomic mass is 79.9. The molecule has 1 heterocycles. The average molecular weight is 519 g/mol. The van der Waals surface area contributed by atoms with Gasteiger partial charge in [-0.25, -0.2) is 4.79 Å². The van der Waals surface area contributed by atoms with Gasteiger partial charge in [-0.15, -0.1) is 0 Å². The Morgan fingerprint density at radius 3 is 2.39 bits per heavy atom. The molecular formula is C24H14BrF3O5. The topological polar surface area (TPSA) is 65.7 Å². The predicted molar refractivity (Wildman–Crippen MR) is 118 cm³/mol. The summed E-state index contributed by atoms with van der Waals surface area (Å²) in [4.78, 5) is 25.3. The lowest BCUT2D eigenvalue weighted by Gasteiger charge is -2.14. The van der Waals surface area contributed by atoms with Gasteiger partial charge in [-0.3, -0.25) is 4.79 Å². The first-order valence-corrected chi connectivity index (χ1v) is 10.3. The molecule has 4 aromatic rings. The first-order valence-electron chi connectivity index (χ1n) is 9.53. The van der Waals surface area contributed by atoms with Crippen LogP contribution in [0, 0.1) is 6.92 Å². The zero-order valence-electron chi connectivity index (χ0n) is 16.9. The summed E-state index contributed by atoms with van der Waals surface area (Å²) in [6, 6.07) is 16.4. The Labute approximate surface area is 193 Å². The van der Waals surface area contributed by atoms with Gasteiger partial charge in [0.25, 0.3) is 5.76 Å². The van der Waals surface area contributed by atoms with Gasteiger partial charge in [0.05, 0.1) is 15.4 Å². The molecule has 0 atom stereocenters. The number of aryl methyl sites for hydroxylation is 1. The molecule has 0 aliphatic heterocycles. The zero-order chi connectivity index (χ0) is 23.8. The molecule has 0 saturated heterocycles. The molecule has 0 unspecified atom stereocenters. The van der Waals surface area contributed by atoms with E-state index in [-0.39, 0.29) is 16.9 Å². The summed E-state index contributed by atoms with van der Waals surface area (Å²) >= 11 is 3.17. The molecule has 33 heavy (non-hydrogen) atoms. The first-order chi connectivity index (χ1) is 15.6. The van der Waals surface area contributed by atoms with Crippen LogP contribution in [0.2, 0.25) is 0 Å². The van der Waals surface area contributed by atoms with E-state index in [1.807, 2.05) is 0 Å². The summed E-state index contributed by atoms with van der Waals surface area (Å²) in [5.41, 5.74) is -0.451. The fourth-order valence-electron chi connectivity index (χ4n) is 3.10. The lowest BCUT2D eigenvalue weighted by molar-refractivity contribution is -0.154. The normalized spacial score (nSPS) is 11.4. The van der Waals surface area contributed by atoms with Crippen LogP contribution in [0.5, 0.6) is 17.2 Å². The molecule has 168 valence electrons. The van der Waals surface area contributed by atoms with Crippen LogP contribution in [0.15, 0.2) is 80.4 Å². The van der Waals surface area contributed by atoms with Crippen LogP contribution in [0.1, 0.15) is 21.7 Å². The number of fused-ring (bicyclic) bond motifs is 1. The number of alkyl halides is 3. The maximum Gasteiger partial charge on any atom is 0.453 e. The Balaban J connectivity index is 1.78. The Kier molecular flexibility index (Phi) is 5.99. The Bertz CT molecular complexity index is 1430. The molecule has 0 bridgehead atoms. The quantitative estimate of drug-likeness (QED) is 0.217. The monoisotopic (exact) mass is 518 g/mol. The number of carbonyl (C=O) groups excluding carboxylic acids is 1. The second-order valence-corrected chi connectivity index (χ2v) is 7.84. The van der Waals surface area contributed by atoms with Crippen molar-refractivity contribution in [3.63, 3.8) is 0 Å². The van der Waals surface area contributed by atoms with E-state index in [4.69, 9.17) is 13.9 Å². The highest BCUT2D eigenvalue weighted by Gasteiger charge is 2.40. The molecule has 5 nitrogen and oxygen atoms in total. The number of rotatable bonds is 4.